The molecule has 22 heavy (non-hydrogen) atoms. The minimum Gasteiger partial charge on any atom is -0.388 e. The highest BCUT2D eigenvalue weighted by molar-refractivity contribution is 7.92. The van der Waals surface area contributed by atoms with Crippen molar-refractivity contribution in [1.82, 2.24) is 0 Å². The Bertz CT molecular complexity index is 803. The number of aryl methyl sites for hydroxylation is 1. The second-order valence-corrected chi connectivity index (χ2v) is 7.21. The summed E-state index contributed by atoms with van der Waals surface area (Å²) in [5, 5.41) is 10.1. The van der Waals surface area contributed by atoms with E-state index in [1.807, 2.05) is 13.0 Å². The second-order valence-electron chi connectivity index (χ2n) is 5.35. The molecule has 1 atom stereocenters. The summed E-state index contributed by atoms with van der Waals surface area (Å²) in [6.45, 7) is 2.00. The Kier molecular flexibility index (Phi) is 3.66. The number of hydrogen-bond donors (Lipinski definition) is 1. The fourth-order valence-corrected chi connectivity index (χ4v) is 4.34. The lowest BCUT2D eigenvalue weighted by Crippen LogP contribution is -2.37. The van der Waals surface area contributed by atoms with Gasteiger partial charge in [0.05, 0.1) is 16.7 Å². The zero-order valence-electron chi connectivity index (χ0n) is 12.0. The molecule has 1 aliphatic heterocycles. The van der Waals surface area contributed by atoms with Crippen LogP contribution < -0.4 is 4.31 Å². The zero-order chi connectivity index (χ0) is 15.9. The van der Waals surface area contributed by atoms with Crippen molar-refractivity contribution < 1.29 is 17.9 Å². The molecule has 0 radical (unpaired) electrons. The lowest BCUT2D eigenvalue weighted by molar-refractivity contribution is 0.166. The molecule has 1 unspecified atom stereocenters. The fraction of sp³-hybridized carbons (Fsp3) is 0.250. The van der Waals surface area contributed by atoms with Gasteiger partial charge in [-0.2, -0.15) is 0 Å². The van der Waals surface area contributed by atoms with Crippen molar-refractivity contribution in [1.29, 1.82) is 0 Å². The topological polar surface area (TPSA) is 57.6 Å². The Morgan fingerprint density at radius 3 is 2.55 bits per heavy atom. The molecule has 0 saturated carbocycles. The average Bonchev–Trinajstić information content (AvgIpc) is 2.49. The van der Waals surface area contributed by atoms with Crippen LogP contribution in [0.1, 0.15) is 23.7 Å². The van der Waals surface area contributed by atoms with Gasteiger partial charge in [-0.15, -0.1) is 0 Å². The molecule has 6 heteroatoms. The molecule has 0 amide bonds. The van der Waals surface area contributed by atoms with Gasteiger partial charge in [-0.1, -0.05) is 18.2 Å². The third kappa shape index (κ3) is 2.38. The quantitative estimate of drug-likeness (QED) is 0.925. The van der Waals surface area contributed by atoms with Crippen molar-refractivity contribution in [2.24, 2.45) is 0 Å². The third-order valence-electron chi connectivity index (χ3n) is 3.88. The number of sulfonamides is 1. The van der Waals surface area contributed by atoms with Gasteiger partial charge in [-0.05, 0) is 43.2 Å². The van der Waals surface area contributed by atoms with E-state index >= 15 is 0 Å². The van der Waals surface area contributed by atoms with Crippen molar-refractivity contribution >= 4 is 15.7 Å². The van der Waals surface area contributed by atoms with Crippen LogP contribution in [-0.4, -0.2) is 20.1 Å². The predicted molar refractivity (Wildman–Crippen MR) is 81.7 cm³/mol. The first kappa shape index (κ1) is 15.0. The van der Waals surface area contributed by atoms with Crippen LogP contribution in [0.15, 0.2) is 47.4 Å². The van der Waals surface area contributed by atoms with Gasteiger partial charge in [0.25, 0.3) is 10.0 Å². The number of halogens is 1. The number of fused-ring (bicyclic) bond motifs is 1. The van der Waals surface area contributed by atoms with Gasteiger partial charge in [0.1, 0.15) is 5.82 Å². The molecule has 0 saturated heterocycles. The Labute approximate surface area is 128 Å². The summed E-state index contributed by atoms with van der Waals surface area (Å²) in [6.07, 6.45) is -0.341. The van der Waals surface area contributed by atoms with Gasteiger partial charge in [0.15, 0.2) is 0 Å². The van der Waals surface area contributed by atoms with Gasteiger partial charge >= 0.3 is 0 Å². The Morgan fingerprint density at radius 1 is 1.18 bits per heavy atom. The van der Waals surface area contributed by atoms with Crippen LogP contribution in [0.2, 0.25) is 0 Å². The van der Waals surface area contributed by atoms with Gasteiger partial charge in [0.2, 0.25) is 0 Å². The minimum absolute atomic E-state index is 0.0412. The molecule has 2 aromatic carbocycles. The summed E-state index contributed by atoms with van der Waals surface area (Å²) < 4.78 is 40.0. The maximum atomic E-state index is 13.0. The van der Waals surface area contributed by atoms with Crippen molar-refractivity contribution in [3.8, 4) is 0 Å². The van der Waals surface area contributed by atoms with Crippen LogP contribution in [0.3, 0.4) is 0 Å². The number of para-hydroxylation sites is 1. The van der Waals surface area contributed by atoms with Gasteiger partial charge in [-0.25, -0.2) is 12.8 Å². The average molecular weight is 321 g/mol. The first-order chi connectivity index (χ1) is 10.4. The van der Waals surface area contributed by atoms with Crippen molar-refractivity contribution in [2.75, 3.05) is 10.8 Å². The van der Waals surface area contributed by atoms with Gasteiger partial charge in [0, 0.05) is 12.1 Å². The molecule has 1 heterocycles. The molecule has 0 aromatic heterocycles. The lowest BCUT2D eigenvalue weighted by Gasteiger charge is -2.34. The molecular weight excluding hydrogens is 305 g/mol. The fourth-order valence-electron chi connectivity index (χ4n) is 2.77. The van der Waals surface area contributed by atoms with Crippen LogP contribution in [0.25, 0.3) is 0 Å². The highest BCUT2D eigenvalue weighted by atomic mass is 32.2. The minimum atomic E-state index is -3.78. The van der Waals surface area contributed by atoms with Crippen LogP contribution in [0.5, 0.6) is 0 Å². The summed E-state index contributed by atoms with van der Waals surface area (Å²) in [4.78, 5) is 0.0412. The molecule has 0 bridgehead atoms. The SMILES string of the molecule is Cc1cccc2c1N(S(=O)(=O)c1ccc(F)cc1)CCC2O. The molecule has 3 rings (SSSR count). The number of hydrogen-bond acceptors (Lipinski definition) is 3. The Morgan fingerprint density at radius 2 is 1.86 bits per heavy atom. The molecule has 1 aliphatic rings. The molecular formula is C16H16FNO3S. The van der Waals surface area contributed by atoms with E-state index in [9.17, 15) is 17.9 Å². The summed E-state index contributed by atoms with van der Waals surface area (Å²) in [6, 6.07) is 10.1. The normalized spacial score (nSPS) is 18.1. The monoisotopic (exact) mass is 321 g/mol. The van der Waals surface area contributed by atoms with E-state index in [0.29, 0.717) is 17.7 Å². The number of nitrogens with zero attached hydrogens (tertiary/aromatic N) is 1. The van der Waals surface area contributed by atoms with E-state index < -0.39 is 21.9 Å². The van der Waals surface area contributed by atoms with E-state index in [0.717, 1.165) is 17.7 Å². The van der Waals surface area contributed by atoms with Crippen LogP contribution in [0.4, 0.5) is 10.1 Å². The van der Waals surface area contributed by atoms with E-state index in [1.54, 1.807) is 12.1 Å². The molecule has 0 fully saturated rings. The van der Waals surface area contributed by atoms with E-state index in [4.69, 9.17) is 0 Å². The van der Waals surface area contributed by atoms with Gasteiger partial charge in [-0.3, -0.25) is 4.31 Å². The van der Waals surface area contributed by atoms with Crippen LogP contribution in [-0.2, 0) is 10.0 Å². The highest BCUT2D eigenvalue weighted by Gasteiger charge is 2.33. The molecule has 0 aliphatic carbocycles. The van der Waals surface area contributed by atoms with Gasteiger partial charge < -0.3 is 5.11 Å². The van der Waals surface area contributed by atoms with E-state index in [-0.39, 0.29) is 11.4 Å². The number of aliphatic hydroxyl groups excluding tert-OH is 1. The number of aliphatic hydroxyl groups is 1. The van der Waals surface area contributed by atoms with E-state index in [1.165, 1.54) is 16.4 Å². The summed E-state index contributed by atoms with van der Waals surface area (Å²) in [5.41, 5.74) is 1.91. The lowest BCUT2D eigenvalue weighted by atomic mass is 9.98. The first-order valence-corrected chi connectivity index (χ1v) is 8.41. The van der Waals surface area contributed by atoms with Crippen LogP contribution >= 0.6 is 0 Å². The summed E-state index contributed by atoms with van der Waals surface area (Å²) in [5.74, 6) is -0.482. The van der Waals surface area contributed by atoms with Crippen LogP contribution in [0, 0.1) is 12.7 Å². The third-order valence-corrected chi connectivity index (χ3v) is 5.70. The largest absolute Gasteiger partial charge is 0.388 e. The van der Waals surface area contributed by atoms with Crippen molar-refractivity contribution in [3.05, 3.63) is 59.4 Å². The van der Waals surface area contributed by atoms with Crippen molar-refractivity contribution in [3.63, 3.8) is 0 Å². The molecule has 1 N–H and O–H groups in total. The van der Waals surface area contributed by atoms with E-state index in [2.05, 4.69) is 0 Å². The van der Waals surface area contributed by atoms with Crippen molar-refractivity contribution in [2.45, 2.75) is 24.3 Å². The number of benzene rings is 2. The highest BCUT2D eigenvalue weighted by Crippen LogP contribution is 2.39. The number of anilines is 1. The second kappa shape index (κ2) is 5.37. The Hall–Kier alpha value is -1.92. The Balaban J connectivity index is 2.14. The standard InChI is InChI=1S/C16H16FNO3S/c1-11-3-2-4-14-15(19)9-10-18(16(11)14)22(20,21)13-7-5-12(17)6-8-13/h2-8,15,19H,9-10H2,1H3. The smallest absolute Gasteiger partial charge is 0.264 e. The summed E-state index contributed by atoms with van der Waals surface area (Å²) in [7, 11) is -3.78. The molecule has 116 valence electrons. The maximum absolute atomic E-state index is 13.0. The molecule has 0 spiro atoms. The number of rotatable bonds is 2. The first-order valence-electron chi connectivity index (χ1n) is 6.97. The summed E-state index contributed by atoms with van der Waals surface area (Å²) >= 11 is 0. The molecule has 4 nitrogen and oxygen atoms in total. The zero-order valence-corrected chi connectivity index (χ0v) is 12.8. The predicted octanol–water partition coefficient (Wildman–Crippen LogP) is 2.77. The molecule has 2 aromatic rings. The maximum Gasteiger partial charge on any atom is 0.264 e.